The maximum Gasteiger partial charge on any atom is 0.209 e. The molecular weight excluding hydrogens is 115 g/mol. The molecule has 0 aromatic rings. The van der Waals surface area contributed by atoms with Gasteiger partial charge in [0.2, 0.25) is 5.56 Å². The first-order valence-corrected chi connectivity index (χ1v) is 2.44. The molecule has 0 amide bonds. The monoisotopic (exact) mass is 123 g/mol. The zero-order valence-electron chi connectivity index (χ0n) is 4.15. The fourth-order valence-corrected chi connectivity index (χ4v) is 0.311. The Hall–Kier alpha value is 0.210. The van der Waals surface area contributed by atoms with Crippen molar-refractivity contribution in [3.8, 4) is 0 Å². The van der Waals surface area contributed by atoms with Gasteiger partial charge in [-0.2, -0.15) is 0 Å². The molecule has 0 saturated heterocycles. The second-order valence-electron chi connectivity index (χ2n) is 0.946. The zero-order valence-corrected chi connectivity index (χ0v) is 4.90. The smallest absolute Gasteiger partial charge is 0.209 e. The van der Waals surface area contributed by atoms with E-state index >= 15 is 0 Å². The minimum Gasteiger partial charge on any atom is -0.392 e. The van der Waals surface area contributed by atoms with Gasteiger partial charge in [0.05, 0.1) is 6.61 Å². The van der Waals surface area contributed by atoms with Gasteiger partial charge >= 0.3 is 0 Å². The Balaban J connectivity index is 2.83. The average Bonchev–Trinajstić information content (AvgIpc) is 1.68. The highest BCUT2D eigenvalue weighted by molar-refractivity contribution is 6.25. The summed E-state index contributed by atoms with van der Waals surface area (Å²) < 4.78 is 4.62. The van der Waals surface area contributed by atoms with E-state index in [-0.39, 0.29) is 12.2 Å². The van der Waals surface area contributed by atoms with Gasteiger partial charge in [0, 0.05) is 6.61 Å². The highest BCUT2D eigenvalue weighted by Crippen LogP contribution is 2.04. The third-order valence-corrected chi connectivity index (χ3v) is 0.654. The number of aliphatic hydroxyl groups is 1. The van der Waals surface area contributed by atoms with E-state index in [1.54, 1.807) is 6.92 Å². The van der Waals surface area contributed by atoms with E-state index in [4.69, 9.17) is 16.7 Å². The molecule has 0 spiro atoms. The fraction of sp³-hybridized carbons (Fsp3) is 0.750. The van der Waals surface area contributed by atoms with Crippen molar-refractivity contribution in [3.63, 3.8) is 0 Å². The van der Waals surface area contributed by atoms with E-state index in [2.05, 4.69) is 4.74 Å². The molecule has 1 N–H and O–H groups in total. The highest BCUT2D eigenvalue weighted by Gasteiger charge is 1.99. The molecular formula is C4H8ClO2. The normalized spacial score (nSPS) is 10.3. The van der Waals surface area contributed by atoms with Crippen LogP contribution in [0, 0.1) is 5.56 Å². The Morgan fingerprint density at radius 2 is 2.43 bits per heavy atom. The van der Waals surface area contributed by atoms with Gasteiger partial charge < -0.3 is 9.84 Å². The summed E-state index contributed by atoms with van der Waals surface area (Å²) in [6, 6.07) is 0. The quantitative estimate of drug-likeness (QED) is 0.600. The summed E-state index contributed by atoms with van der Waals surface area (Å²) in [5, 5.41) is 8.17. The van der Waals surface area contributed by atoms with Crippen LogP contribution in [0.25, 0.3) is 0 Å². The van der Waals surface area contributed by atoms with E-state index in [1.165, 1.54) is 0 Å². The van der Waals surface area contributed by atoms with Gasteiger partial charge in [-0.05, 0) is 6.92 Å². The van der Waals surface area contributed by atoms with Crippen molar-refractivity contribution in [1.29, 1.82) is 0 Å². The van der Waals surface area contributed by atoms with E-state index in [0.717, 1.165) is 0 Å². The van der Waals surface area contributed by atoms with Crippen LogP contribution in [0.15, 0.2) is 0 Å². The third-order valence-electron chi connectivity index (χ3n) is 0.425. The van der Waals surface area contributed by atoms with Crippen LogP contribution in [0.2, 0.25) is 0 Å². The first kappa shape index (κ1) is 7.21. The molecule has 2 nitrogen and oxygen atoms in total. The van der Waals surface area contributed by atoms with Crippen molar-refractivity contribution < 1.29 is 9.84 Å². The van der Waals surface area contributed by atoms with E-state index in [0.29, 0.717) is 6.61 Å². The topological polar surface area (TPSA) is 29.5 Å². The molecule has 0 aliphatic heterocycles. The molecule has 0 aliphatic rings. The van der Waals surface area contributed by atoms with Gasteiger partial charge in [0.1, 0.15) is 0 Å². The van der Waals surface area contributed by atoms with Crippen LogP contribution in [-0.2, 0) is 4.74 Å². The Morgan fingerprint density at radius 1 is 1.86 bits per heavy atom. The maximum atomic E-state index is 8.17. The molecule has 0 aromatic heterocycles. The summed E-state index contributed by atoms with van der Waals surface area (Å²) in [6.07, 6.45) is 0. The number of hydrogen-bond donors (Lipinski definition) is 1. The number of halogens is 1. The summed E-state index contributed by atoms with van der Waals surface area (Å²) in [5.41, 5.74) is 0.155. The van der Waals surface area contributed by atoms with Crippen molar-refractivity contribution in [2.24, 2.45) is 0 Å². The molecule has 0 fully saturated rings. The predicted molar refractivity (Wildman–Crippen MR) is 27.8 cm³/mol. The summed E-state index contributed by atoms with van der Waals surface area (Å²) in [5.74, 6) is 0. The molecule has 0 unspecified atom stereocenters. The van der Waals surface area contributed by atoms with Crippen LogP contribution in [0.5, 0.6) is 0 Å². The summed E-state index contributed by atoms with van der Waals surface area (Å²) in [4.78, 5) is 0. The van der Waals surface area contributed by atoms with Gasteiger partial charge in [-0.25, -0.2) is 0 Å². The van der Waals surface area contributed by atoms with Gasteiger partial charge in [-0.15, -0.1) is 0 Å². The standard InChI is InChI=1S/C4H8ClO2/c1-2-7-4(5)3-6/h6H,2-3H2,1H3. The van der Waals surface area contributed by atoms with E-state index < -0.39 is 0 Å². The van der Waals surface area contributed by atoms with Gasteiger partial charge in [0.15, 0.2) is 0 Å². The van der Waals surface area contributed by atoms with Crippen molar-refractivity contribution in [2.75, 3.05) is 13.2 Å². The van der Waals surface area contributed by atoms with Crippen LogP contribution >= 0.6 is 11.6 Å². The molecule has 0 bridgehead atoms. The van der Waals surface area contributed by atoms with Gasteiger partial charge in [-0.1, -0.05) is 11.6 Å². The molecule has 3 heteroatoms. The van der Waals surface area contributed by atoms with E-state index in [9.17, 15) is 0 Å². The van der Waals surface area contributed by atoms with Crippen molar-refractivity contribution >= 4 is 11.6 Å². The Labute approximate surface area is 48.0 Å². The van der Waals surface area contributed by atoms with Crippen LogP contribution in [0.3, 0.4) is 0 Å². The highest BCUT2D eigenvalue weighted by atomic mass is 35.5. The van der Waals surface area contributed by atoms with Crippen LogP contribution in [0.4, 0.5) is 0 Å². The number of ether oxygens (including phenoxy) is 1. The molecule has 43 valence electrons. The summed E-state index contributed by atoms with van der Waals surface area (Å²) in [6.45, 7) is 2.12. The number of rotatable bonds is 3. The number of hydrogen-bond acceptors (Lipinski definition) is 2. The second kappa shape index (κ2) is 4.37. The first-order valence-electron chi connectivity index (χ1n) is 2.06. The molecule has 0 rings (SSSR count). The molecule has 0 heterocycles. The van der Waals surface area contributed by atoms with Crippen molar-refractivity contribution in [3.05, 3.63) is 5.56 Å². The fourth-order valence-electron chi connectivity index (χ4n) is 0.202. The lowest BCUT2D eigenvalue weighted by Crippen LogP contribution is -1.99. The van der Waals surface area contributed by atoms with Crippen molar-refractivity contribution in [1.82, 2.24) is 0 Å². The molecule has 0 saturated carbocycles. The Bertz CT molecular complexity index is 40.7. The van der Waals surface area contributed by atoms with Crippen LogP contribution in [-0.4, -0.2) is 18.3 Å². The molecule has 0 aromatic carbocycles. The SMILES string of the molecule is CCO[C](Cl)CO. The van der Waals surface area contributed by atoms with E-state index in [1.807, 2.05) is 0 Å². The first-order chi connectivity index (χ1) is 3.31. The Morgan fingerprint density at radius 3 is 2.57 bits per heavy atom. The molecule has 0 aliphatic carbocycles. The lowest BCUT2D eigenvalue weighted by atomic mass is 10.7. The molecule has 1 radical (unpaired) electrons. The van der Waals surface area contributed by atoms with Crippen molar-refractivity contribution in [2.45, 2.75) is 6.92 Å². The second-order valence-corrected chi connectivity index (χ2v) is 1.37. The average molecular weight is 124 g/mol. The third kappa shape index (κ3) is 4.05. The maximum absolute atomic E-state index is 8.17. The summed E-state index contributed by atoms with van der Waals surface area (Å²) in [7, 11) is 0. The zero-order chi connectivity index (χ0) is 5.70. The minimum atomic E-state index is -0.199. The predicted octanol–water partition coefficient (Wildman–Crippen LogP) is 0.743. The lowest BCUT2D eigenvalue weighted by molar-refractivity contribution is 0.142. The summed E-state index contributed by atoms with van der Waals surface area (Å²) >= 11 is 5.21. The Kier molecular flexibility index (Phi) is 4.50. The molecule has 7 heavy (non-hydrogen) atoms. The van der Waals surface area contributed by atoms with Crippen LogP contribution in [0.1, 0.15) is 6.92 Å². The number of aliphatic hydroxyl groups excluding tert-OH is 1. The largest absolute Gasteiger partial charge is 0.392 e. The minimum absolute atomic E-state index is 0.155. The molecule has 0 atom stereocenters. The van der Waals surface area contributed by atoms with Crippen LogP contribution < -0.4 is 0 Å². The van der Waals surface area contributed by atoms with Gasteiger partial charge in [-0.3, -0.25) is 0 Å². The lowest BCUT2D eigenvalue weighted by Gasteiger charge is -2.00. The van der Waals surface area contributed by atoms with Gasteiger partial charge in [0.25, 0.3) is 0 Å².